The van der Waals surface area contributed by atoms with Gasteiger partial charge in [0, 0.05) is 6.42 Å². The van der Waals surface area contributed by atoms with E-state index in [4.69, 9.17) is 0 Å². The second-order valence-corrected chi connectivity index (χ2v) is 3.83. The third-order valence-electron chi connectivity index (χ3n) is 2.32. The monoisotopic (exact) mass is 248 g/mol. The Morgan fingerprint density at radius 2 is 2.00 bits per heavy atom. The van der Waals surface area contributed by atoms with E-state index in [0.29, 0.717) is 0 Å². The highest BCUT2D eigenvalue weighted by atomic mass is 16.5. The average molecular weight is 248 g/mol. The van der Waals surface area contributed by atoms with Crippen LogP contribution in [0, 0.1) is 0 Å². The Morgan fingerprint density at radius 3 is 2.61 bits per heavy atom. The molecular weight excluding hydrogens is 232 g/mol. The Bertz CT molecular complexity index is 423. The van der Waals surface area contributed by atoms with Gasteiger partial charge in [-0.25, -0.2) is 0 Å². The summed E-state index contributed by atoms with van der Waals surface area (Å²) in [5.41, 5.74) is 0.942. The molecule has 0 bridgehead atoms. The van der Waals surface area contributed by atoms with Gasteiger partial charge in [0.25, 0.3) is 0 Å². The molecule has 0 aromatic heterocycles. The van der Waals surface area contributed by atoms with Crippen LogP contribution in [0.5, 0.6) is 0 Å². The maximum atomic E-state index is 11.3. The summed E-state index contributed by atoms with van der Waals surface area (Å²) < 4.78 is 4.37. The average Bonchev–Trinajstić information content (AvgIpc) is 2.37. The van der Waals surface area contributed by atoms with Gasteiger partial charge in [-0.15, -0.1) is 0 Å². The van der Waals surface area contributed by atoms with E-state index in [0.717, 1.165) is 5.56 Å². The van der Waals surface area contributed by atoms with Crippen LogP contribution in [-0.2, 0) is 14.3 Å². The van der Waals surface area contributed by atoms with E-state index < -0.39 is 12.1 Å². The van der Waals surface area contributed by atoms with Gasteiger partial charge in [-0.3, -0.25) is 9.59 Å². The molecular formula is C14H16O4. The van der Waals surface area contributed by atoms with Crippen molar-refractivity contribution in [3.8, 4) is 0 Å². The van der Waals surface area contributed by atoms with Crippen molar-refractivity contribution in [2.75, 3.05) is 7.11 Å². The van der Waals surface area contributed by atoms with Crippen molar-refractivity contribution >= 4 is 17.8 Å². The van der Waals surface area contributed by atoms with Crippen molar-refractivity contribution < 1.29 is 19.4 Å². The predicted octanol–water partition coefficient (Wildman–Crippen LogP) is 1.58. The fourth-order valence-corrected chi connectivity index (χ4v) is 1.39. The molecule has 0 amide bonds. The van der Waals surface area contributed by atoms with Gasteiger partial charge >= 0.3 is 5.97 Å². The maximum absolute atomic E-state index is 11.3. The van der Waals surface area contributed by atoms with Gasteiger partial charge in [0.1, 0.15) is 12.2 Å². The first kappa shape index (κ1) is 14.1. The summed E-state index contributed by atoms with van der Waals surface area (Å²) in [5.74, 6) is -0.925. The van der Waals surface area contributed by atoms with Gasteiger partial charge in [-0.1, -0.05) is 42.5 Å². The predicted molar refractivity (Wildman–Crippen MR) is 67.7 cm³/mol. The van der Waals surface area contributed by atoms with Crippen molar-refractivity contribution in [2.45, 2.75) is 18.9 Å². The Labute approximate surface area is 106 Å². The Hall–Kier alpha value is -1.94. The van der Waals surface area contributed by atoms with Crippen LogP contribution in [0.4, 0.5) is 0 Å². The lowest BCUT2D eigenvalue weighted by Gasteiger charge is -2.04. The molecule has 0 radical (unpaired) electrons. The molecule has 0 spiro atoms. The standard InChI is InChI=1S/C14H16O4/c1-18-14(17)10-13(16)9-12(15)8-7-11-5-3-2-4-6-11/h2-8,12,15H,9-10H2,1H3/b8-7+/t12-/m1/s1. The summed E-state index contributed by atoms with van der Waals surface area (Å²) in [6.45, 7) is 0. The number of Topliss-reactive ketones (excluding diaryl/α,β-unsaturated/α-hetero) is 1. The molecule has 0 saturated carbocycles. The van der Waals surface area contributed by atoms with Crippen molar-refractivity contribution in [3.05, 3.63) is 42.0 Å². The van der Waals surface area contributed by atoms with Gasteiger partial charge < -0.3 is 9.84 Å². The third-order valence-corrected chi connectivity index (χ3v) is 2.32. The first-order valence-electron chi connectivity index (χ1n) is 5.61. The quantitative estimate of drug-likeness (QED) is 0.613. The van der Waals surface area contributed by atoms with Crippen LogP contribution < -0.4 is 0 Å². The van der Waals surface area contributed by atoms with E-state index in [1.807, 2.05) is 30.3 Å². The minimum absolute atomic E-state index is 0.0849. The summed E-state index contributed by atoms with van der Waals surface area (Å²) >= 11 is 0. The first-order valence-corrected chi connectivity index (χ1v) is 5.61. The van der Waals surface area contributed by atoms with Gasteiger partial charge in [0.15, 0.2) is 0 Å². The SMILES string of the molecule is COC(=O)CC(=O)C[C@H](O)/C=C/c1ccccc1. The lowest BCUT2D eigenvalue weighted by atomic mass is 10.1. The van der Waals surface area contributed by atoms with Crippen molar-refractivity contribution in [1.82, 2.24) is 0 Å². The molecule has 1 aromatic rings. The van der Waals surface area contributed by atoms with Crippen LogP contribution in [0.3, 0.4) is 0 Å². The van der Waals surface area contributed by atoms with Crippen molar-refractivity contribution in [2.24, 2.45) is 0 Å². The van der Waals surface area contributed by atoms with Crippen LogP contribution >= 0.6 is 0 Å². The minimum Gasteiger partial charge on any atom is -0.469 e. The number of hydrogen-bond donors (Lipinski definition) is 1. The van der Waals surface area contributed by atoms with E-state index in [1.54, 1.807) is 6.08 Å². The zero-order valence-electron chi connectivity index (χ0n) is 10.2. The minimum atomic E-state index is -0.887. The number of aliphatic hydroxyl groups excluding tert-OH is 1. The fourth-order valence-electron chi connectivity index (χ4n) is 1.39. The molecule has 1 rings (SSSR count). The van der Waals surface area contributed by atoms with E-state index in [9.17, 15) is 14.7 Å². The molecule has 96 valence electrons. The number of esters is 1. The highest BCUT2D eigenvalue weighted by Crippen LogP contribution is 2.05. The summed E-state index contributed by atoms with van der Waals surface area (Å²) in [6.07, 6.45) is 1.99. The summed E-state index contributed by atoms with van der Waals surface area (Å²) in [5, 5.41) is 9.61. The van der Waals surface area contributed by atoms with Crippen LogP contribution in [0.15, 0.2) is 36.4 Å². The normalized spacial score (nSPS) is 12.3. The number of benzene rings is 1. The van der Waals surface area contributed by atoms with E-state index in [-0.39, 0.29) is 18.6 Å². The van der Waals surface area contributed by atoms with Crippen LogP contribution in [0.2, 0.25) is 0 Å². The zero-order valence-corrected chi connectivity index (χ0v) is 10.2. The number of rotatable bonds is 6. The lowest BCUT2D eigenvalue weighted by Crippen LogP contribution is -2.15. The Balaban J connectivity index is 2.42. The molecule has 0 fully saturated rings. The molecule has 1 N–H and O–H groups in total. The molecule has 0 saturated heterocycles. The van der Waals surface area contributed by atoms with E-state index in [2.05, 4.69) is 4.74 Å². The largest absolute Gasteiger partial charge is 0.469 e. The summed E-state index contributed by atoms with van der Waals surface area (Å²) in [4.78, 5) is 22.2. The molecule has 0 aliphatic rings. The zero-order chi connectivity index (χ0) is 13.4. The fraction of sp³-hybridized carbons (Fsp3) is 0.286. The molecule has 1 atom stereocenters. The van der Waals surface area contributed by atoms with E-state index in [1.165, 1.54) is 13.2 Å². The maximum Gasteiger partial charge on any atom is 0.313 e. The molecule has 4 heteroatoms. The molecule has 1 aromatic carbocycles. The molecule has 0 aliphatic carbocycles. The van der Waals surface area contributed by atoms with Gasteiger partial charge in [-0.05, 0) is 5.56 Å². The number of ketones is 1. The molecule has 0 aliphatic heterocycles. The molecule has 4 nitrogen and oxygen atoms in total. The second kappa shape index (κ2) is 7.40. The number of ether oxygens (including phenoxy) is 1. The smallest absolute Gasteiger partial charge is 0.313 e. The van der Waals surface area contributed by atoms with E-state index >= 15 is 0 Å². The van der Waals surface area contributed by atoms with Gasteiger partial charge in [-0.2, -0.15) is 0 Å². The second-order valence-electron chi connectivity index (χ2n) is 3.83. The van der Waals surface area contributed by atoms with Crippen molar-refractivity contribution in [1.29, 1.82) is 0 Å². The highest BCUT2D eigenvalue weighted by molar-refractivity contribution is 5.95. The van der Waals surface area contributed by atoms with Crippen molar-refractivity contribution in [3.63, 3.8) is 0 Å². The number of methoxy groups -OCH3 is 1. The van der Waals surface area contributed by atoms with Crippen LogP contribution in [0.25, 0.3) is 6.08 Å². The summed E-state index contributed by atoms with van der Waals surface area (Å²) in [7, 11) is 1.22. The number of carbonyl (C=O) groups is 2. The van der Waals surface area contributed by atoms with Crippen LogP contribution in [-0.4, -0.2) is 30.1 Å². The third kappa shape index (κ3) is 5.41. The van der Waals surface area contributed by atoms with Gasteiger partial charge in [0.05, 0.1) is 13.2 Å². The number of hydrogen-bond acceptors (Lipinski definition) is 4. The van der Waals surface area contributed by atoms with Gasteiger partial charge in [0.2, 0.25) is 0 Å². The molecule has 0 heterocycles. The molecule has 18 heavy (non-hydrogen) atoms. The summed E-state index contributed by atoms with van der Waals surface area (Å²) in [6, 6.07) is 9.44. The number of carbonyl (C=O) groups excluding carboxylic acids is 2. The Morgan fingerprint density at radius 1 is 1.33 bits per heavy atom. The number of aliphatic hydroxyl groups is 1. The Kier molecular flexibility index (Phi) is 5.80. The first-order chi connectivity index (χ1) is 8.61. The molecule has 0 unspecified atom stereocenters. The van der Waals surface area contributed by atoms with Crippen LogP contribution in [0.1, 0.15) is 18.4 Å². The lowest BCUT2D eigenvalue weighted by molar-refractivity contribution is -0.143. The highest BCUT2D eigenvalue weighted by Gasteiger charge is 2.12. The topological polar surface area (TPSA) is 63.6 Å².